The molecule has 0 fully saturated rings. The third-order valence-corrected chi connectivity index (χ3v) is 7.13. The fraction of sp³-hybridized carbons (Fsp3) is 0.0690. The number of hydrogen-bond acceptors (Lipinski definition) is 6. The van der Waals surface area contributed by atoms with Crippen LogP contribution in [0.2, 0.25) is 0 Å². The summed E-state index contributed by atoms with van der Waals surface area (Å²) < 4.78 is 2.85. The van der Waals surface area contributed by atoms with Gasteiger partial charge in [-0.05, 0) is 59.8 Å². The van der Waals surface area contributed by atoms with Gasteiger partial charge in [0.15, 0.2) is 5.82 Å². The molecule has 0 aliphatic rings. The van der Waals surface area contributed by atoms with Crippen LogP contribution in [-0.2, 0) is 0 Å². The van der Waals surface area contributed by atoms with Crippen LogP contribution in [0.15, 0.2) is 101 Å². The number of nitrogens with one attached hydrogen (secondary N) is 1. The quantitative estimate of drug-likeness (QED) is 0.273. The van der Waals surface area contributed by atoms with E-state index in [1.165, 1.54) is 0 Å². The lowest BCUT2D eigenvalue weighted by molar-refractivity contribution is 0.774. The number of para-hydroxylation sites is 1. The molecule has 0 unspecified atom stereocenters. The van der Waals surface area contributed by atoms with Crippen LogP contribution < -0.4 is 16.6 Å². The van der Waals surface area contributed by atoms with E-state index in [0.29, 0.717) is 16.9 Å². The van der Waals surface area contributed by atoms with Crippen molar-refractivity contribution in [3.8, 4) is 16.8 Å². The molecule has 6 rings (SSSR count). The van der Waals surface area contributed by atoms with Crippen molar-refractivity contribution in [1.82, 2.24) is 14.5 Å². The molecule has 3 heterocycles. The lowest BCUT2D eigenvalue weighted by Crippen LogP contribution is -2.26. The summed E-state index contributed by atoms with van der Waals surface area (Å²) in [5.41, 5.74) is 12.7. The molecule has 36 heavy (non-hydrogen) atoms. The monoisotopic (exact) mass is 489 g/mol. The lowest BCUT2D eigenvalue weighted by Gasteiger charge is -2.22. The number of pyridine rings is 2. The second kappa shape index (κ2) is 8.94. The smallest absolute Gasteiger partial charge is 0.263 e. The van der Waals surface area contributed by atoms with E-state index in [-0.39, 0.29) is 11.6 Å². The summed E-state index contributed by atoms with van der Waals surface area (Å²) in [6, 6.07) is 27.1. The normalized spacial score (nSPS) is 12.1. The Morgan fingerprint density at radius 1 is 0.944 bits per heavy atom. The minimum atomic E-state index is -0.224. The fourth-order valence-electron chi connectivity index (χ4n) is 4.67. The van der Waals surface area contributed by atoms with Gasteiger partial charge in [0, 0.05) is 23.3 Å². The average Bonchev–Trinajstić information content (AvgIpc) is 3.39. The maximum atomic E-state index is 14.2. The highest BCUT2D eigenvalue weighted by Crippen LogP contribution is 2.32. The molecule has 0 spiro atoms. The zero-order valence-corrected chi connectivity index (χ0v) is 20.4. The van der Waals surface area contributed by atoms with Crippen molar-refractivity contribution in [2.45, 2.75) is 13.0 Å². The van der Waals surface area contributed by atoms with Crippen LogP contribution >= 0.6 is 11.3 Å². The predicted molar refractivity (Wildman–Crippen MR) is 149 cm³/mol. The summed E-state index contributed by atoms with van der Waals surface area (Å²) in [7, 11) is 0. The summed E-state index contributed by atoms with van der Waals surface area (Å²) >= 11 is 1.57. The minimum Gasteiger partial charge on any atom is -0.399 e. The van der Waals surface area contributed by atoms with Crippen molar-refractivity contribution in [2.75, 3.05) is 11.1 Å². The molecule has 0 saturated heterocycles. The van der Waals surface area contributed by atoms with Gasteiger partial charge in [-0.25, -0.2) is 9.97 Å². The van der Waals surface area contributed by atoms with Gasteiger partial charge >= 0.3 is 0 Å². The number of thiazole rings is 1. The highest BCUT2D eigenvalue weighted by Gasteiger charge is 2.20. The van der Waals surface area contributed by atoms with E-state index in [1.807, 2.05) is 91.3 Å². The molecule has 3 aromatic heterocycles. The van der Waals surface area contributed by atoms with Crippen LogP contribution in [0.1, 0.15) is 18.7 Å². The van der Waals surface area contributed by atoms with E-state index in [1.54, 1.807) is 22.1 Å². The van der Waals surface area contributed by atoms with Crippen molar-refractivity contribution in [2.24, 2.45) is 0 Å². The summed E-state index contributed by atoms with van der Waals surface area (Å²) in [5, 5.41) is 5.03. The Labute approximate surface area is 211 Å². The average molecular weight is 490 g/mol. The number of hydrogen-bond donors (Lipinski definition) is 2. The highest BCUT2D eigenvalue weighted by molar-refractivity contribution is 7.16. The molecule has 0 radical (unpaired) electrons. The number of aromatic nitrogens is 3. The molecule has 6 nitrogen and oxygen atoms in total. The second-order valence-corrected chi connectivity index (χ2v) is 9.55. The summed E-state index contributed by atoms with van der Waals surface area (Å²) in [6.07, 6.45) is 1.78. The number of fused-ring (bicyclic) bond motifs is 2. The van der Waals surface area contributed by atoms with Crippen LogP contribution in [0.5, 0.6) is 0 Å². The van der Waals surface area contributed by atoms with Crippen molar-refractivity contribution >= 4 is 43.8 Å². The molecule has 0 bridgehead atoms. The second-order valence-electron chi connectivity index (χ2n) is 8.67. The molecule has 7 heteroatoms. The third kappa shape index (κ3) is 3.79. The maximum absolute atomic E-state index is 14.2. The Balaban J connectivity index is 1.58. The highest BCUT2D eigenvalue weighted by atomic mass is 32.1. The first-order valence-corrected chi connectivity index (χ1v) is 12.5. The first kappa shape index (κ1) is 22.0. The minimum absolute atomic E-state index is 0.0831. The molecule has 6 aromatic rings. The number of benzene rings is 3. The van der Waals surface area contributed by atoms with Crippen LogP contribution in [0.25, 0.3) is 37.8 Å². The number of nitrogens with zero attached hydrogens (tertiary/aromatic N) is 3. The third-order valence-electron chi connectivity index (χ3n) is 6.33. The van der Waals surface area contributed by atoms with Gasteiger partial charge in [-0.2, -0.15) is 0 Å². The molecular weight excluding hydrogens is 466 g/mol. The molecule has 0 amide bonds. The Kier molecular flexibility index (Phi) is 5.47. The van der Waals surface area contributed by atoms with Gasteiger partial charge in [0.05, 0.1) is 21.6 Å². The van der Waals surface area contributed by atoms with E-state index in [0.717, 1.165) is 38.1 Å². The number of nitrogen functional groups attached to an aromatic ring is 1. The van der Waals surface area contributed by atoms with Gasteiger partial charge in [0.1, 0.15) is 5.52 Å². The molecule has 0 aliphatic carbocycles. The van der Waals surface area contributed by atoms with Crippen LogP contribution in [0.3, 0.4) is 0 Å². The summed E-state index contributed by atoms with van der Waals surface area (Å²) in [6.45, 7) is 2.04. The first-order valence-electron chi connectivity index (χ1n) is 11.6. The van der Waals surface area contributed by atoms with Gasteiger partial charge in [0.25, 0.3) is 5.56 Å². The van der Waals surface area contributed by atoms with Crippen LogP contribution in [0.4, 0.5) is 11.5 Å². The molecule has 1 atom stereocenters. The van der Waals surface area contributed by atoms with Crippen molar-refractivity contribution < 1.29 is 0 Å². The largest absolute Gasteiger partial charge is 0.399 e. The molecule has 3 aromatic carbocycles. The standard InChI is InChI=1S/C29H23N5OS/c1-18(33-28-27-25(13-14-31-28)36-17-32-27)24-16-20-8-6-12-23(19-7-5-9-21(30)15-19)26(20)29(35)34(24)22-10-3-2-4-11-22/h2-18H,30H2,1H3,(H,31,33)/t18-/m0/s1. The fourth-order valence-corrected chi connectivity index (χ4v) is 5.34. The molecule has 3 N–H and O–H groups in total. The summed E-state index contributed by atoms with van der Waals surface area (Å²) in [4.78, 5) is 23.2. The Morgan fingerprint density at radius 2 is 1.78 bits per heavy atom. The van der Waals surface area contributed by atoms with E-state index in [9.17, 15) is 4.79 Å². The molecule has 0 saturated carbocycles. The van der Waals surface area contributed by atoms with Gasteiger partial charge < -0.3 is 11.1 Å². The zero-order chi connectivity index (χ0) is 24.6. The van der Waals surface area contributed by atoms with Crippen molar-refractivity contribution in [3.05, 3.63) is 113 Å². The van der Waals surface area contributed by atoms with Gasteiger partial charge in [-0.3, -0.25) is 9.36 Å². The zero-order valence-electron chi connectivity index (χ0n) is 19.6. The van der Waals surface area contributed by atoms with Crippen LogP contribution in [-0.4, -0.2) is 14.5 Å². The van der Waals surface area contributed by atoms with Crippen molar-refractivity contribution in [1.29, 1.82) is 0 Å². The molecule has 0 aliphatic heterocycles. The Bertz CT molecular complexity index is 1770. The van der Waals surface area contributed by atoms with Gasteiger partial charge in [-0.15, -0.1) is 11.3 Å². The Hall–Kier alpha value is -4.49. The number of nitrogens with two attached hydrogens (primary N) is 1. The van der Waals surface area contributed by atoms with Gasteiger partial charge in [0.2, 0.25) is 0 Å². The van der Waals surface area contributed by atoms with E-state index < -0.39 is 0 Å². The number of rotatable bonds is 5. The number of anilines is 2. The van der Waals surface area contributed by atoms with Gasteiger partial charge in [-0.1, -0.05) is 48.5 Å². The van der Waals surface area contributed by atoms with E-state index >= 15 is 0 Å². The SMILES string of the molecule is C[C@H](Nc1nccc2scnc12)c1cc2cccc(-c3cccc(N)c3)c2c(=O)n1-c1ccccc1. The maximum Gasteiger partial charge on any atom is 0.263 e. The first-order chi connectivity index (χ1) is 17.6. The van der Waals surface area contributed by atoms with Crippen LogP contribution in [0, 0.1) is 0 Å². The van der Waals surface area contributed by atoms with Crippen molar-refractivity contribution in [3.63, 3.8) is 0 Å². The molecular formula is C29H23N5OS. The van der Waals surface area contributed by atoms with E-state index in [2.05, 4.69) is 21.4 Å². The lowest BCUT2D eigenvalue weighted by atomic mass is 9.97. The summed E-state index contributed by atoms with van der Waals surface area (Å²) in [5.74, 6) is 0.696. The Morgan fingerprint density at radius 3 is 2.61 bits per heavy atom. The predicted octanol–water partition coefficient (Wildman–Crippen LogP) is 6.42. The van der Waals surface area contributed by atoms with E-state index in [4.69, 9.17) is 5.73 Å². The molecule has 176 valence electrons. The topological polar surface area (TPSA) is 85.8 Å².